The van der Waals surface area contributed by atoms with Gasteiger partial charge in [-0.3, -0.25) is 9.13 Å². The summed E-state index contributed by atoms with van der Waals surface area (Å²) >= 11 is 0. The minimum absolute atomic E-state index is 0.162. The van der Waals surface area contributed by atoms with Crippen molar-refractivity contribution in [1.82, 2.24) is 0 Å². The molecule has 0 aliphatic heterocycles. The highest BCUT2D eigenvalue weighted by atomic mass is 31.2. The van der Waals surface area contributed by atoms with E-state index < -0.39 is 20.3 Å². The second-order valence-corrected chi connectivity index (χ2v) is 7.57. The molecule has 1 aliphatic carbocycles. The lowest BCUT2D eigenvalue weighted by atomic mass is 10.2. The average molecular weight is 244 g/mol. The van der Waals surface area contributed by atoms with Gasteiger partial charge in [0.25, 0.3) is 0 Å². The van der Waals surface area contributed by atoms with E-state index in [4.69, 9.17) is 19.6 Å². The van der Waals surface area contributed by atoms with Gasteiger partial charge in [-0.2, -0.15) is 0 Å². The molecule has 0 atom stereocenters. The van der Waals surface area contributed by atoms with Crippen LogP contribution in [0, 0.1) is 0 Å². The maximum Gasteiger partial charge on any atom is 0.331 e. The molecule has 0 aromatic carbocycles. The first-order chi connectivity index (χ1) is 6.16. The van der Waals surface area contributed by atoms with Crippen molar-refractivity contribution in [3.63, 3.8) is 0 Å². The molecule has 1 rings (SSSR count). The van der Waals surface area contributed by atoms with Crippen molar-refractivity contribution in [3.05, 3.63) is 0 Å². The van der Waals surface area contributed by atoms with Gasteiger partial charge in [0.1, 0.15) is 0 Å². The van der Waals surface area contributed by atoms with E-state index in [2.05, 4.69) is 0 Å². The molecule has 84 valence electrons. The third-order valence-corrected chi connectivity index (χ3v) is 5.34. The lowest BCUT2D eigenvalue weighted by Crippen LogP contribution is -2.09. The molecule has 0 unspecified atom stereocenters. The molecule has 0 radical (unpaired) electrons. The zero-order chi connectivity index (χ0) is 11.0. The van der Waals surface area contributed by atoms with Crippen LogP contribution in [0.15, 0.2) is 0 Å². The van der Waals surface area contributed by atoms with E-state index >= 15 is 0 Å². The number of rotatable bonds is 5. The lowest BCUT2D eigenvalue weighted by Gasteiger charge is -2.16. The fourth-order valence-corrected chi connectivity index (χ4v) is 3.16. The quantitative estimate of drug-likeness (QED) is 0.528. The standard InChI is InChI=1S/C6H14O6P2/c7-13(8,9)5-1-2-6(3-4-6)14(10,11)12/h1-5H2,(H2,7,8,9)(H2,10,11,12). The second kappa shape index (κ2) is 3.71. The minimum atomic E-state index is -4.09. The fraction of sp³-hybridized carbons (Fsp3) is 1.00. The average Bonchev–Trinajstić information content (AvgIpc) is 2.63. The minimum Gasteiger partial charge on any atom is -0.324 e. The molecule has 8 heteroatoms. The van der Waals surface area contributed by atoms with Gasteiger partial charge in [-0.1, -0.05) is 0 Å². The second-order valence-electron chi connectivity index (χ2n) is 3.76. The highest BCUT2D eigenvalue weighted by Crippen LogP contribution is 2.67. The molecular weight excluding hydrogens is 230 g/mol. The largest absolute Gasteiger partial charge is 0.331 e. The van der Waals surface area contributed by atoms with Crippen LogP contribution in [0.1, 0.15) is 25.7 Å². The molecule has 0 saturated heterocycles. The van der Waals surface area contributed by atoms with Crippen molar-refractivity contribution in [1.29, 1.82) is 0 Å². The van der Waals surface area contributed by atoms with Crippen LogP contribution in [0.4, 0.5) is 0 Å². The first kappa shape index (κ1) is 12.4. The van der Waals surface area contributed by atoms with E-state index in [0.717, 1.165) is 0 Å². The summed E-state index contributed by atoms with van der Waals surface area (Å²) in [5.74, 6) is 0. The van der Waals surface area contributed by atoms with E-state index in [9.17, 15) is 9.13 Å². The third kappa shape index (κ3) is 3.16. The Morgan fingerprint density at radius 3 is 1.86 bits per heavy atom. The molecule has 14 heavy (non-hydrogen) atoms. The highest BCUT2D eigenvalue weighted by molar-refractivity contribution is 7.54. The maximum atomic E-state index is 11.0. The molecule has 1 saturated carbocycles. The van der Waals surface area contributed by atoms with Gasteiger partial charge >= 0.3 is 15.2 Å². The van der Waals surface area contributed by atoms with Crippen LogP contribution in [-0.4, -0.2) is 30.9 Å². The molecule has 0 bridgehead atoms. The Hall–Kier alpha value is 0.300. The summed E-state index contributed by atoms with van der Waals surface area (Å²) in [5.41, 5.74) is 0. The van der Waals surface area contributed by atoms with Gasteiger partial charge in [-0.15, -0.1) is 0 Å². The van der Waals surface area contributed by atoms with E-state index in [1.807, 2.05) is 0 Å². The van der Waals surface area contributed by atoms with Crippen LogP contribution in [-0.2, 0) is 9.13 Å². The number of hydrogen-bond donors (Lipinski definition) is 4. The summed E-state index contributed by atoms with van der Waals surface area (Å²) in [4.78, 5) is 35.0. The SMILES string of the molecule is O=P(O)(O)CCCC1(P(=O)(O)O)CC1. The third-order valence-electron chi connectivity index (χ3n) is 2.54. The molecule has 1 fully saturated rings. The van der Waals surface area contributed by atoms with Gasteiger partial charge in [0.15, 0.2) is 0 Å². The Labute approximate surface area is 81.7 Å². The fourth-order valence-electron chi connectivity index (χ4n) is 1.45. The molecule has 0 heterocycles. The predicted molar refractivity (Wildman–Crippen MR) is 50.2 cm³/mol. The first-order valence-corrected chi connectivity index (χ1v) is 7.68. The first-order valence-electron chi connectivity index (χ1n) is 4.27. The van der Waals surface area contributed by atoms with Crippen LogP contribution >= 0.6 is 15.2 Å². The summed E-state index contributed by atoms with van der Waals surface area (Å²) < 4.78 is 21.5. The van der Waals surface area contributed by atoms with Crippen molar-refractivity contribution in [2.45, 2.75) is 30.8 Å². The Morgan fingerprint density at radius 2 is 1.57 bits per heavy atom. The van der Waals surface area contributed by atoms with Crippen molar-refractivity contribution >= 4 is 15.2 Å². The van der Waals surface area contributed by atoms with Gasteiger partial charge in [0, 0.05) is 6.16 Å². The Bertz CT molecular complexity index is 297. The molecule has 1 aliphatic rings. The maximum absolute atomic E-state index is 11.0. The highest BCUT2D eigenvalue weighted by Gasteiger charge is 2.56. The molecule has 6 nitrogen and oxygen atoms in total. The monoisotopic (exact) mass is 244 g/mol. The van der Waals surface area contributed by atoms with Gasteiger partial charge in [-0.05, 0) is 25.7 Å². The van der Waals surface area contributed by atoms with Crippen LogP contribution < -0.4 is 0 Å². The summed E-state index contributed by atoms with van der Waals surface area (Å²) in [7, 11) is -8.12. The predicted octanol–water partition coefficient (Wildman–Crippen LogP) is 0.655. The van der Waals surface area contributed by atoms with Crippen LogP contribution in [0.2, 0.25) is 0 Å². The molecule has 0 aromatic heterocycles. The normalized spacial score (nSPS) is 20.9. The summed E-state index contributed by atoms with van der Waals surface area (Å²) in [5, 5.41) is -0.970. The lowest BCUT2D eigenvalue weighted by molar-refractivity contribution is 0.345. The van der Waals surface area contributed by atoms with E-state index in [0.29, 0.717) is 12.8 Å². The van der Waals surface area contributed by atoms with Crippen LogP contribution in [0.3, 0.4) is 0 Å². The molecule has 0 spiro atoms. The summed E-state index contributed by atoms with van der Waals surface area (Å²) in [6.45, 7) is 0. The summed E-state index contributed by atoms with van der Waals surface area (Å²) in [6, 6.07) is 0. The Kier molecular flexibility index (Phi) is 3.27. The molecule has 0 amide bonds. The van der Waals surface area contributed by atoms with Gasteiger partial charge in [0.05, 0.1) is 5.16 Å². The van der Waals surface area contributed by atoms with Crippen LogP contribution in [0.5, 0.6) is 0 Å². The topological polar surface area (TPSA) is 115 Å². The number of hydrogen-bond acceptors (Lipinski definition) is 2. The van der Waals surface area contributed by atoms with E-state index in [1.54, 1.807) is 0 Å². The van der Waals surface area contributed by atoms with E-state index in [1.165, 1.54) is 0 Å². The molecule has 4 N–H and O–H groups in total. The summed E-state index contributed by atoms with van der Waals surface area (Å²) in [6.07, 6.45) is 0.976. The van der Waals surface area contributed by atoms with E-state index in [-0.39, 0.29) is 19.0 Å². The Balaban J connectivity index is 2.40. The van der Waals surface area contributed by atoms with Crippen molar-refractivity contribution in [3.8, 4) is 0 Å². The van der Waals surface area contributed by atoms with Gasteiger partial charge in [-0.25, -0.2) is 0 Å². The van der Waals surface area contributed by atoms with Crippen molar-refractivity contribution < 1.29 is 28.7 Å². The molecular formula is C6H14O6P2. The van der Waals surface area contributed by atoms with Crippen LogP contribution in [0.25, 0.3) is 0 Å². The van der Waals surface area contributed by atoms with Crippen molar-refractivity contribution in [2.24, 2.45) is 0 Å². The molecule has 0 aromatic rings. The van der Waals surface area contributed by atoms with Gasteiger partial charge in [0.2, 0.25) is 0 Å². The van der Waals surface area contributed by atoms with Crippen molar-refractivity contribution in [2.75, 3.05) is 6.16 Å². The zero-order valence-corrected chi connectivity index (χ0v) is 9.32. The van der Waals surface area contributed by atoms with Gasteiger partial charge < -0.3 is 19.6 Å². The Morgan fingerprint density at radius 1 is 1.07 bits per heavy atom. The smallest absolute Gasteiger partial charge is 0.324 e. The zero-order valence-electron chi connectivity index (χ0n) is 7.54.